The number of hydrogen-bond acceptors (Lipinski definition) is 6. The standard InChI is InChI=1S/C13H13ClN2O4/c1-17-12-7(14)5-9-13(19-4-2-3-18-9)11(12)8-6-10(15)16-20-8/h5-6H,2-4H2,1H3,(H2,15,16). The predicted octanol–water partition coefficient (Wildman–Crippen LogP) is 2.75. The summed E-state index contributed by atoms with van der Waals surface area (Å²) in [6.45, 7) is 1.10. The third-order valence-corrected chi connectivity index (χ3v) is 3.20. The average molecular weight is 297 g/mol. The van der Waals surface area contributed by atoms with Gasteiger partial charge in [-0.05, 0) is 0 Å². The SMILES string of the molecule is COc1c(Cl)cc2c(c1-c1cc(N)no1)OCCCO2. The Labute approximate surface area is 120 Å². The minimum atomic E-state index is 0.269. The number of anilines is 1. The molecule has 20 heavy (non-hydrogen) atoms. The van der Waals surface area contributed by atoms with E-state index in [9.17, 15) is 0 Å². The molecule has 2 N–H and O–H groups in total. The van der Waals surface area contributed by atoms with Crippen LogP contribution in [0.2, 0.25) is 5.02 Å². The van der Waals surface area contributed by atoms with Crippen LogP contribution in [0.1, 0.15) is 6.42 Å². The molecule has 0 unspecified atom stereocenters. The average Bonchev–Trinajstić information content (AvgIpc) is 2.72. The number of halogens is 1. The molecule has 0 saturated heterocycles. The molecule has 1 aromatic carbocycles. The van der Waals surface area contributed by atoms with Crippen LogP contribution in [0.5, 0.6) is 17.2 Å². The van der Waals surface area contributed by atoms with E-state index >= 15 is 0 Å². The second-order valence-corrected chi connectivity index (χ2v) is 4.67. The number of fused-ring (bicyclic) bond motifs is 1. The van der Waals surface area contributed by atoms with Crippen molar-refractivity contribution in [2.24, 2.45) is 0 Å². The first-order chi connectivity index (χ1) is 9.70. The van der Waals surface area contributed by atoms with Crippen LogP contribution in [0.4, 0.5) is 5.82 Å². The lowest BCUT2D eigenvalue weighted by atomic mass is 10.1. The van der Waals surface area contributed by atoms with E-state index in [4.69, 9.17) is 36.1 Å². The van der Waals surface area contributed by atoms with E-state index in [0.29, 0.717) is 46.8 Å². The minimum Gasteiger partial charge on any atom is -0.494 e. The molecule has 2 aromatic rings. The quantitative estimate of drug-likeness (QED) is 0.918. The van der Waals surface area contributed by atoms with Gasteiger partial charge in [0.1, 0.15) is 5.56 Å². The van der Waals surface area contributed by atoms with Crippen molar-refractivity contribution in [3.05, 3.63) is 17.2 Å². The zero-order valence-electron chi connectivity index (χ0n) is 10.8. The van der Waals surface area contributed by atoms with Gasteiger partial charge >= 0.3 is 0 Å². The molecule has 3 rings (SSSR count). The second kappa shape index (κ2) is 5.13. The Morgan fingerprint density at radius 1 is 1.30 bits per heavy atom. The van der Waals surface area contributed by atoms with Crippen LogP contribution in [-0.2, 0) is 0 Å². The van der Waals surface area contributed by atoms with Gasteiger partial charge in [-0.2, -0.15) is 0 Å². The van der Waals surface area contributed by atoms with Gasteiger partial charge in [0.2, 0.25) is 0 Å². The molecule has 0 radical (unpaired) electrons. The van der Waals surface area contributed by atoms with Gasteiger partial charge in [0.15, 0.2) is 28.8 Å². The zero-order chi connectivity index (χ0) is 14.1. The Hall–Kier alpha value is -2.08. The third-order valence-electron chi connectivity index (χ3n) is 2.92. The largest absolute Gasteiger partial charge is 0.494 e. The predicted molar refractivity (Wildman–Crippen MR) is 73.5 cm³/mol. The summed E-state index contributed by atoms with van der Waals surface area (Å²) in [5.41, 5.74) is 6.16. The fourth-order valence-electron chi connectivity index (χ4n) is 2.09. The summed E-state index contributed by atoms with van der Waals surface area (Å²) >= 11 is 6.22. The number of nitrogens with two attached hydrogens (primary N) is 1. The van der Waals surface area contributed by atoms with Gasteiger partial charge in [0.25, 0.3) is 0 Å². The van der Waals surface area contributed by atoms with Crippen molar-refractivity contribution < 1.29 is 18.7 Å². The van der Waals surface area contributed by atoms with Gasteiger partial charge < -0.3 is 24.5 Å². The maximum Gasteiger partial charge on any atom is 0.176 e. The molecule has 1 aromatic heterocycles. The van der Waals surface area contributed by atoms with Crippen LogP contribution in [0.25, 0.3) is 11.3 Å². The van der Waals surface area contributed by atoms with E-state index in [2.05, 4.69) is 5.16 Å². The summed E-state index contributed by atoms with van der Waals surface area (Å²) in [6, 6.07) is 3.26. The molecule has 1 aliphatic heterocycles. The van der Waals surface area contributed by atoms with Crippen LogP contribution < -0.4 is 19.9 Å². The highest BCUT2D eigenvalue weighted by Gasteiger charge is 2.26. The lowest BCUT2D eigenvalue weighted by Gasteiger charge is -2.15. The van der Waals surface area contributed by atoms with Crippen LogP contribution in [-0.4, -0.2) is 25.5 Å². The molecule has 6 nitrogen and oxygen atoms in total. The molecule has 0 saturated carbocycles. The van der Waals surface area contributed by atoms with E-state index in [1.54, 1.807) is 12.1 Å². The van der Waals surface area contributed by atoms with Crippen molar-refractivity contribution in [3.8, 4) is 28.6 Å². The van der Waals surface area contributed by atoms with Gasteiger partial charge in [0, 0.05) is 18.6 Å². The lowest BCUT2D eigenvalue weighted by Crippen LogP contribution is -1.98. The third kappa shape index (κ3) is 2.12. The molecule has 2 heterocycles. The van der Waals surface area contributed by atoms with Gasteiger partial charge in [0.05, 0.1) is 25.3 Å². The molecule has 0 spiro atoms. The maximum absolute atomic E-state index is 6.22. The minimum absolute atomic E-state index is 0.269. The molecule has 0 fully saturated rings. The Morgan fingerprint density at radius 2 is 2.10 bits per heavy atom. The Balaban J connectivity index is 2.26. The highest BCUT2D eigenvalue weighted by Crippen LogP contribution is 2.49. The molecule has 0 aliphatic carbocycles. The number of hydrogen-bond donors (Lipinski definition) is 1. The fourth-order valence-corrected chi connectivity index (χ4v) is 2.36. The van der Waals surface area contributed by atoms with Crippen LogP contribution in [0.3, 0.4) is 0 Å². The number of methoxy groups -OCH3 is 1. The zero-order valence-corrected chi connectivity index (χ0v) is 11.6. The van der Waals surface area contributed by atoms with E-state index in [0.717, 1.165) is 6.42 Å². The van der Waals surface area contributed by atoms with E-state index in [1.165, 1.54) is 7.11 Å². The van der Waals surface area contributed by atoms with E-state index in [-0.39, 0.29) is 5.82 Å². The van der Waals surface area contributed by atoms with Crippen molar-refractivity contribution in [2.75, 3.05) is 26.1 Å². The van der Waals surface area contributed by atoms with E-state index in [1.807, 2.05) is 0 Å². The fraction of sp³-hybridized carbons (Fsp3) is 0.308. The monoisotopic (exact) mass is 296 g/mol. The summed E-state index contributed by atoms with van der Waals surface area (Å²) in [6.07, 6.45) is 0.784. The molecule has 0 bridgehead atoms. The molecular weight excluding hydrogens is 284 g/mol. The van der Waals surface area contributed by atoms with Gasteiger partial charge in [-0.3, -0.25) is 0 Å². The maximum atomic E-state index is 6.22. The first kappa shape index (κ1) is 12.9. The molecule has 7 heteroatoms. The molecular formula is C13H13ClN2O4. The van der Waals surface area contributed by atoms with Crippen molar-refractivity contribution in [2.45, 2.75) is 6.42 Å². The van der Waals surface area contributed by atoms with Gasteiger partial charge in [-0.1, -0.05) is 16.8 Å². The number of nitrogen functional groups attached to an aromatic ring is 1. The van der Waals surface area contributed by atoms with E-state index < -0.39 is 0 Å². The van der Waals surface area contributed by atoms with Crippen LogP contribution >= 0.6 is 11.6 Å². The summed E-state index contributed by atoms with van der Waals surface area (Å²) in [4.78, 5) is 0. The molecule has 0 atom stereocenters. The Morgan fingerprint density at radius 3 is 2.80 bits per heavy atom. The smallest absolute Gasteiger partial charge is 0.176 e. The summed E-state index contributed by atoms with van der Waals surface area (Å²) in [5, 5.41) is 4.08. The van der Waals surface area contributed by atoms with Crippen LogP contribution in [0.15, 0.2) is 16.7 Å². The van der Waals surface area contributed by atoms with Crippen molar-refractivity contribution in [1.82, 2.24) is 5.16 Å². The van der Waals surface area contributed by atoms with Crippen LogP contribution in [0, 0.1) is 0 Å². The molecule has 0 amide bonds. The number of benzene rings is 1. The normalized spacial score (nSPS) is 13.9. The lowest BCUT2D eigenvalue weighted by molar-refractivity contribution is 0.296. The molecule has 1 aliphatic rings. The topological polar surface area (TPSA) is 79.7 Å². The van der Waals surface area contributed by atoms with Crippen molar-refractivity contribution in [3.63, 3.8) is 0 Å². The molecule has 106 valence electrons. The van der Waals surface area contributed by atoms with Gasteiger partial charge in [-0.25, -0.2) is 0 Å². The van der Waals surface area contributed by atoms with Gasteiger partial charge in [-0.15, -0.1) is 0 Å². The summed E-state index contributed by atoms with van der Waals surface area (Å²) < 4.78 is 21.9. The Kier molecular flexibility index (Phi) is 3.31. The number of ether oxygens (including phenoxy) is 3. The highest BCUT2D eigenvalue weighted by molar-refractivity contribution is 6.33. The summed E-state index contributed by atoms with van der Waals surface area (Å²) in [5.74, 6) is 2.21. The Bertz CT molecular complexity index is 642. The number of rotatable bonds is 2. The number of nitrogens with zero attached hydrogens (tertiary/aromatic N) is 1. The highest BCUT2D eigenvalue weighted by atomic mass is 35.5. The number of aromatic nitrogens is 1. The summed E-state index contributed by atoms with van der Waals surface area (Å²) in [7, 11) is 1.52. The first-order valence-electron chi connectivity index (χ1n) is 6.09. The van der Waals surface area contributed by atoms with Crippen molar-refractivity contribution in [1.29, 1.82) is 0 Å². The van der Waals surface area contributed by atoms with Crippen molar-refractivity contribution >= 4 is 17.4 Å². The first-order valence-corrected chi connectivity index (χ1v) is 6.47. The second-order valence-electron chi connectivity index (χ2n) is 4.26.